The maximum absolute atomic E-state index is 12.1. The van der Waals surface area contributed by atoms with Gasteiger partial charge < -0.3 is 15.3 Å². The molecule has 2 rings (SSSR count). The fourth-order valence-corrected chi connectivity index (χ4v) is 2.46. The van der Waals surface area contributed by atoms with Crippen LogP contribution in [0.2, 0.25) is 0 Å². The second kappa shape index (κ2) is 8.33. The number of urea groups is 1. The van der Waals surface area contributed by atoms with Crippen molar-refractivity contribution in [2.24, 2.45) is 0 Å². The number of likely N-dealkylation sites (tertiary alicyclic amines) is 1. The van der Waals surface area contributed by atoms with Crippen molar-refractivity contribution >= 4 is 6.03 Å². The molecule has 2 amide bonds. The first-order valence-electron chi connectivity index (χ1n) is 7.51. The second-order valence-electron chi connectivity index (χ2n) is 5.22. The van der Waals surface area contributed by atoms with Crippen molar-refractivity contribution in [2.45, 2.75) is 32.2 Å². The van der Waals surface area contributed by atoms with Crippen LogP contribution in [0.3, 0.4) is 0 Å². The molecule has 0 unspecified atom stereocenters. The molecule has 4 heteroatoms. The molecule has 1 aliphatic heterocycles. The van der Waals surface area contributed by atoms with Gasteiger partial charge in [0, 0.05) is 25.2 Å². The normalized spacial score (nSPS) is 14.8. The van der Waals surface area contributed by atoms with E-state index in [4.69, 9.17) is 5.11 Å². The van der Waals surface area contributed by atoms with E-state index in [-0.39, 0.29) is 12.6 Å². The van der Waals surface area contributed by atoms with Gasteiger partial charge in [-0.15, -0.1) is 0 Å². The average molecular weight is 286 g/mol. The number of hydrogen-bond donors (Lipinski definition) is 2. The van der Waals surface area contributed by atoms with E-state index in [1.165, 1.54) is 12.8 Å². The third-order valence-corrected chi connectivity index (χ3v) is 3.58. The highest BCUT2D eigenvalue weighted by Crippen LogP contribution is 2.10. The average Bonchev–Trinajstić information content (AvgIpc) is 2.80. The quantitative estimate of drug-likeness (QED) is 0.818. The molecular weight excluding hydrogens is 264 g/mol. The van der Waals surface area contributed by atoms with Crippen LogP contribution in [-0.2, 0) is 6.54 Å². The molecule has 0 aliphatic carbocycles. The Morgan fingerprint density at radius 3 is 2.71 bits per heavy atom. The first-order chi connectivity index (χ1) is 10.3. The Hall–Kier alpha value is -1.99. The minimum Gasteiger partial charge on any atom is -0.384 e. The Morgan fingerprint density at radius 1 is 1.24 bits per heavy atom. The third-order valence-electron chi connectivity index (χ3n) is 3.58. The summed E-state index contributed by atoms with van der Waals surface area (Å²) in [5.74, 6) is 5.50. The van der Waals surface area contributed by atoms with Gasteiger partial charge in [-0.3, -0.25) is 0 Å². The van der Waals surface area contributed by atoms with Gasteiger partial charge in [0.15, 0.2) is 0 Å². The Kier molecular flexibility index (Phi) is 6.11. The molecule has 1 saturated heterocycles. The van der Waals surface area contributed by atoms with Crippen molar-refractivity contribution in [3.8, 4) is 11.8 Å². The predicted molar refractivity (Wildman–Crippen MR) is 82.7 cm³/mol. The number of carbonyl (C=O) groups is 1. The zero-order valence-corrected chi connectivity index (χ0v) is 12.3. The largest absolute Gasteiger partial charge is 0.384 e. The summed E-state index contributed by atoms with van der Waals surface area (Å²) in [5, 5.41) is 11.7. The molecule has 2 N–H and O–H groups in total. The molecule has 0 aromatic heterocycles. The van der Waals surface area contributed by atoms with Gasteiger partial charge in [-0.25, -0.2) is 4.79 Å². The molecule has 0 atom stereocenters. The highest BCUT2D eigenvalue weighted by atomic mass is 16.2. The fourth-order valence-electron chi connectivity index (χ4n) is 2.46. The Labute approximate surface area is 126 Å². The van der Waals surface area contributed by atoms with Crippen molar-refractivity contribution in [1.82, 2.24) is 10.2 Å². The molecule has 1 aliphatic rings. The van der Waals surface area contributed by atoms with Gasteiger partial charge in [-0.05, 0) is 30.5 Å². The van der Waals surface area contributed by atoms with Crippen LogP contribution in [0, 0.1) is 11.8 Å². The predicted octanol–water partition coefficient (Wildman–Crippen LogP) is 2.12. The molecule has 21 heavy (non-hydrogen) atoms. The van der Waals surface area contributed by atoms with E-state index in [0.29, 0.717) is 6.54 Å². The van der Waals surface area contributed by atoms with E-state index in [2.05, 4.69) is 17.2 Å². The maximum Gasteiger partial charge on any atom is 0.317 e. The summed E-state index contributed by atoms with van der Waals surface area (Å²) >= 11 is 0. The highest BCUT2D eigenvalue weighted by molar-refractivity contribution is 5.74. The molecule has 1 aromatic carbocycles. The number of carbonyl (C=O) groups excluding carboxylic acids is 1. The molecular formula is C17H22N2O2. The van der Waals surface area contributed by atoms with Gasteiger partial charge >= 0.3 is 6.03 Å². The summed E-state index contributed by atoms with van der Waals surface area (Å²) in [6.07, 6.45) is 4.63. The van der Waals surface area contributed by atoms with E-state index >= 15 is 0 Å². The molecule has 0 spiro atoms. The Bertz CT molecular complexity index is 523. The van der Waals surface area contributed by atoms with Crippen LogP contribution in [0.25, 0.3) is 0 Å². The van der Waals surface area contributed by atoms with Crippen molar-refractivity contribution in [3.05, 3.63) is 35.4 Å². The number of aliphatic hydroxyl groups is 1. The fraction of sp³-hybridized carbons (Fsp3) is 0.471. The molecule has 0 saturated carbocycles. The van der Waals surface area contributed by atoms with Crippen LogP contribution in [0.4, 0.5) is 4.79 Å². The van der Waals surface area contributed by atoms with Crippen molar-refractivity contribution in [2.75, 3.05) is 19.7 Å². The third kappa shape index (κ3) is 5.13. The summed E-state index contributed by atoms with van der Waals surface area (Å²) in [7, 11) is 0. The molecule has 1 aromatic rings. The summed E-state index contributed by atoms with van der Waals surface area (Å²) in [6.45, 7) is 2.07. The summed E-state index contributed by atoms with van der Waals surface area (Å²) in [4.78, 5) is 14.0. The maximum atomic E-state index is 12.1. The zero-order valence-electron chi connectivity index (χ0n) is 12.3. The van der Waals surface area contributed by atoms with Crippen LogP contribution in [0.5, 0.6) is 0 Å². The first-order valence-corrected chi connectivity index (χ1v) is 7.51. The van der Waals surface area contributed by atoms with Gasteiger partial charge in [-0.1, -0.05) is 36.8 Å². The van der Waals surface area contributed by atoms with Crippen molar-refractivity contribution in [3.63, 3.8) is 0 Å². The molecule has 112 valence electrons. The lowest BCUT2D eigenvalue weighted by Gasteiger charge is -2.20. The van der Waals surface area contributed by atoms with Crippen LogP contribution in [-0.4, -0.2) is 35.7 Å². The topological polar surface area (TPSA) is 52.6 Å². The molecule has 1 fully saturated rings. The number of nitrogens with zero attached hydrogens (tertiary/aromatic N) is 1. The smallest absolute Gasteiger partial charge is 0.317 e. The van der Waals surface area contributed by atoms with E-state index in [9.17, 15) is 4.79 Å². The lowest BCUT2D eigenvalue weighted by atomic mass is 10.1. The molecule has 4 nitrogen and oxygen atoms in total. The minimum atomic E-state index is -0.143. The lowest BCUT2D eigenvalue weighted by Crippen LogP contribution is -2.40. The Morgan fingerprint density at radius 2 is 2.00 bits per heavy atom. The number of nitrogens with one attached hydrogen (secondary N) is 1. The van der Waals surface area contributed by atoms with E-state index in [1.54, 1.807) is 0 Å². The standard InChI is InChI=1S/C17H22N2O2/c20-12-6-9-15-7-5-8-16(13-15)14-18-17(21)19-10-3-1-2-4-11-19/h5,7-8,13,20H,1-4,10-12,14H2,(H,18,21). The van der Waals surface area contributed by atoms with Gasteiger partial charge in [0.2, 0.25) is 0 Å². The zero-order chi connectivity index (χ0) is 14.9. The molecule has 0 radical (unpaired) electrons. The van der Waals surface area contributed by atoms with Crippen LogP contribution in [0.15, 0.2) is 24.3 Å². The number of benzene rings is 1. The monoisotopic (exact) mass is 286 g/mol. The van der Waals surface area contributed by atoms with Gasteiger partial charge in [0.05, 0.1) is 0 Å². The first kappa shape index (κ1) is 15.4. The van der Waals surface area contributed by atoms with E-state index in [0.717, 1.165) is 37.1 Å². The summed E-state index contributed by atoms with van der Waals surface area (Å²) < 4.78 is 0. The molecule has 0 bridgehead atoms. The number of hydrogen-bond acceptors (Lipinski definition) is 2. The van der Waals surface area contributed by atoms with Gasteiger partial charge in [0.1, 0.15) is 6.61 Å². The highest BCUT2D eigenvalue weighted by Gasteiger charge is 2.14. The van der Waals surface area contributed by atoms with E-state index in [1.807, 2.05) is 29.2 Å². The number of aliphatic hydroxyl groups excluding tert-OH is 1. The summed E-state index contributed by atoms with van der Waals surface area (Å²) in [5.41, 5.74) is 1.87. The lowest BCUT2D eigenvalue weighted by molar-refractivity contribution is 0.199. The SMILES string of the molecule is O=C(NCc1cccc(C#CCO)c1)N1CCCCCC1. The van der Waals surface area contributed by atoms with Crippen LogP contribution in [0.1, 0.15) is 36.8 Å². The minimum absolute atomic E-state index is 0.0174. The van der Waals surface area contributed by atoms with Crippen molar-refractivity contribution < 1.29 is 9.90 Å². The Balaban J connectivity index is 1.88. The van der Waals surface area contributed by atoms with E-state index < -0.39 is 0 Å². The van der Waals surface area contributed by atoms with Gasteiger partial charge in [-0.2, -0.15) is 0 Å². The number of rotatable bonds is 2. The second-order valence-corrected chi connectivity index (χ2v) is 5.22. The van der Waals surface area contributed by atoms with Crippen LogP contribution < -0.4 is 5.32 Å². The van der Waals surface area contributed by atoms with Crippen LogP contribution >= 0.6 is 0 Å². The molecule has 1 heterocycles. The number of amides is 2. The summed E-state index contributed by atoms with van der Waals surface area (Å²) in [6, 6.07) is 7.72. The van der Waals surface area contributed by atoms with Gasteiger partial charge in [0.25, 0.3) is 0 Å². The van der Waals surface area contributed by atoms with Crippen molar-refractivity contribution in [1.29, 1.82) is 0 Å².